The van der Waals surface area contributed by atoms with Crippen LogP contribution >= 0.6 is 0 Å². The maximum absolute atomic E-state index is 12.5. The fourth-order valence-electron chi connectivity index (χ4n) is 2.51. The molecule has 5 nitrogen and oxygen atoms in total. The van der Waals surface area contributed by atoms with Crippen LogP contribution in [0.2, 0.25) is 0 Å². The number of para-hydroxylation sites is 2. The molecule has 2 atom stereocenters. The third-order valence-electron chi connectivity index (χ3n) is 3.98. The number of methoxy groups -OCH3 is 2. The minimum absolute atomic E-state index is 0.0814. The summed E-state index contributed by atoms with van der Waals surface area (Å²) < 4.78 is 16.2. The number of ether oxygens (including phenoxy) is 3. The minimum Gasteiger partial charge on any atom is -0.497 e. The highest BCUT2D eigenvalue weighted by atomic mass is 16.5. The third-order valence-corrected chi connectivity index (χ3v) is 3.98. The van der Waals surface area contributed by atoms with Crippen LogP contribution < -0.4 is 19.5 Å². The van der Waals surface area contributed by atoms with Crippen molar-refractivity contribution in [1.82, 2.24) is 5.32 Å². The van der Waals surface area contributed by atoms with Crippen LogP contribution in [-0.4, -0.2) is 26.2 Å². The van der Waals surface area contributed by atoms with Crippen molar-refractivity contribution >= 4 is 5.91 Å². The lowest BCUT2D eigenvalue weighted by Gasteiger charge is -2.21. The summed E-state index contributed by atoms with van der Waals surface area (Å²) in [6, 6.07) is 14.9. The number of carbonyl (C=O) groups excluding carboxylic acids is 1. The Morgan fingerprint density at radius 3 is 2.20 bits per heavy atom. The van der Waals surface area contributed by atoms with Crippen molar-refractivity contribution < 1.29 is 19.0 Å². The average molecular weight is 343 g/mol. The van der Waals surface area contributed by atoms with Gasteiger partial charge in [0.15, 0.2) is 17.6 Å². The number of nitrogens with one attached hydrogen (secondary N) is 1. The maximum atomic E-state index is 12.5. The molecule has 2 aromatic rings. The van der Waals surface area contributed by atoms with Crippen LogP contribution in [0.5, 0.6) is 17.2 Å². The molecule has 0 bridgehead atoms. The molecule has 0 saturated carbocycles. The van der Waals surface area contributed by atoms with E-state index in [2.05, 4.69) is 5.32 Å². The van der Waals surface area contributed by atoms with Crippen molar-refractivity contribution in [3.8, 4) is 17.2 Å². The summed E-state index contributed by atoms with van der Waals surface area (Å²) in [5.41, 5.74) is 1.03. The second-order valence-corrected chi connectivity index (χ2v) is 5.65. The number of amides is 1. The smallest absolute Gasteiger partial charge is 0.261 e. The van der Waals surface area contributed by atoms with Crippen molar-refractivity contribution in [3.63, 3.8) is 0 Å². The molecule has 0 aromatic heterocycles. The van der Waals surface area contributed by atoms with Gasteiger partial charge in [0, 0.05) is 0 Å². The Balaban J connectivity index is 2.02. The SMILES string of the molecule is CCC(NC(=O)C(C)Oc1ccccc1OC)c1ccc(OC)cc1. The van der Waals surface area contributed by atoms with E-state index in [1.807, 2.05) is 43.3 Å². The second-order valence-electron chi connectivity index (χ2n) is 5.65. The van der Waals surface area contributed by atoms with Gasteiger partial charge in [0.25, 0.3) is 5.91 Å². The molecule has 5 heteroatoms. The zero-order valence-corrected chi connectivity index (χ0v) is 15.1. The normalized spacial score (nSPS) is 12.8. The first-order valence-corrected chi connectivity index (χ1v) is 8.33. The molecular formula is C20H25NO4. The highest BCUT2D eigenvalue weighted by Gasteiger charge is 2.20. The van der Waals surface area contributed by atoms with Crippen molar-refractivity contribution in [2.24, 2.45) is 0 Å². The first-order chi connectivity index (χ1) is 12.1. The molecule has 0 spiro atoms. The quantitative estimate of drug-likeness (QED) is 0.793. The molecule has 0 heterocycles. The highest BCUT2D eigenvalue weighted by Crippen LogP contribution is 2.27. The van der Waals surface area contributed by atoms with E-state index in [0.29, 0.717) is 11.5 Å². The molecule has 0 radical (unpaired) electrons. The van der Waals surface area contributed by atoms with Gasteiger partial charge >= 0.3 is 0 Å². The van der Waals surface area contributed by atoms with Gasteiger partial charge in [-0.15, -0.1) is 0 Å². The Labute approximate surface area is 148 Å². The Morgan fingerprint density at radius 2 is 1.64 bits per heavy atom. The van der Waals surface area contributed by atoms with Crippen LogP contribution in [0.1, 0.15) is 31.9 Å². The summed E-state index contributed by atoms with van der Waals surface area (Å²) in [7, 11) is 3.20. The molecule has 2 aromatic carbocycles. The van der Waals surface area contributed by atoms with Crippen LogP contribution in [0.15, 0.2) is 48.5 Å². The average Bonchev–Trinajstić information content (AvgIpc) is 2.66. The molecule has 1 N–H and O–H groups in total. The van der Waals surface area contributed by atoms with Crippen molar-refractivity contribution in [3.05, 3.63) is 54.1 Å². The second kappa shape index (κ2) is 8.97. The summed E-state index contributed by atoms with van der Waals surface area (Å²) in [4.78, 5) is 12.5. The van der Waals surface area contributed by atoms with Crippen LogP contribution in [0.3, 0.4) is 0 Å². The molecular weight excluding hydrogens is 318 g/mol. The Bertz CT molecular complexity index is 684. The summed E-state index contributed by atoms with van der Waals surface area (Å²) in [5.74, 6) is 1.76. The van der Waals surface area contributed by atoms with Crippen LogP contribution in [-0.2, 0) is 4.79 Å². The highest BCUT2D eigenvalue weighted by molar-refractivity contribution is 5.81. The Morgan fingerprint density at radius 1 is 1.00 bits per heavy atom. The monoisotopic (exact) mass is 343 g/mol. The molecule has 0 aliphatic rings. The van der Waals surface area contributed by atoms with Gasteiger partial charge in [0.05, 0.1) is 20.3 Å². The summed E-state index contributed by atoms with van der Waals surface area (Å²) >= 11 is 0. The lowest BCUT2D eigenvalue weighted by molar-refractivity contribution is -0.128. The molecule has 2 unspecified atom stereocenters. The zero-order chi connectivity index (χ0) is 18.2. The predicted octanol–water partition coefficient (Wildman–Crippen LogP) is 3.74. The van der Waals surface area contributed by atoms with Gasteiger partial charge < -0.3 is 19.5 Å². The first-order valence-electron chi connectivity index (χ1n) is 8.33. The van der Waals surface area contributed by atoms with Crippen molar-refractivity contribution in [1.29, 1.82) is 0 Å². The molecule has 134 valence electrons. The Kier molecular flexibility index (Phi) is 6.69. The fraction of sp³-hybridized carbons (Fsp3) is 0.350. The summed E-state index contributed by atoms with van der Waals surface area (Å²) in [5, 5.41) is 3.03. The van der Waals surface area contributed by atoms with Gasteiger partial charge in [-0.3, -0.25) is 4.79 Å². The van der Waals surface area contributed by atoms with E-state index in [9.17, 15) is 4.79 Å². The predicted molar refractivity (Wildman–Crippen MR) is 97.3 cm³/mol. The van der Waals surface area contributed by atoms with Crippen LogP contribution in [0.4, 0.5) is 0 Å². The van der Waals surface area contributed by atoms with Crippen molar-refractivity contribution in [2.45, 2.75) is 32.4 Å². The van der Waals surface area contributed by atoms with Crippen LogP contribution in [0.25, 0.3) is 0 Å². The molecule has 0 aliphatic carbocycles. The number of benzene rings is 2. The van der Waals surface area contributed by atoms with E-state index < -0.39 is 6.10 Å². The standard InChI is InChI=1S/C20H25NO4/c1-5-17(15-10-12-16(23-3)13-11-15)21-20(22)14(2)25-19-9-7-6-8-18(19)24-4/h6-14,17H,5H2,1-4H3,(H,21,22). The fourth-order valence-corrected chi connectivity index (χ4v) is 2.51. The van der Waals surface area contributed by atoms with Gasteiger partial charge in [-0.05, 0) is 43.2 Å². The molecule has 0 fully saturated rings. The molecule has 2 rings (SSSR count). The molecule has 1 amide bonds. The number of rotatable bonds is 8. The van der Waals surface area contributed by atoms with Crippen molar-refractivity contribution in [2.75, 3.05) is 14.2 Å². The molecule has 0 aliphatic heterocycles. The van der Waals surface area contributed by atoms with Gasteiger partial charge in [-0.2, -0.15) is 0 Å². The van der Waals surface area contributed by atoms with E-state index in [4.69, 9.17) is 14.2 Å². The van der Waals surface area contributed by atoms with E-state index in [-0.39, 0.29) is 11.9 Å². The number of hydrogen-bond donors (Lipinski definition) is 1. The molecule has 25 heavy (non-hydrogen) atoms. The van der Waals surface area contributed by atoms with Gasteiger partial charge in [-0.1, -0.05) is 31.2 Å². The zero-order valence-electron chi connectivity index (χ0n) is 15.1. The maximum Gasteiger partial charge on any atom is 0.261 e. The van der Waals surface area contributed by atoms with Crippen LogP contribution in [0, 0.1) is 0 Å². The summed E-state index contributed by atoms with van der Waals surface area (Å²) in [6.07, 6.45) is 0.142. The third kappa shape index (κ3) is 4.89. The van der Waals surface area contributed by atoms with E-state index >= 15 is 0 Å². The largest absolute Gasteiger partial charge is 0.497 e. The van der Waals surface area contributed by atoms with Gasteiger partial charge in [-0.25, -0.2) is 0 Å². The summed E-state index contributed by atoms with van der Waals surface area (Å²) in [6.45, 7) is 3.75. The Hall–Kier alpha value is -2.69. The minimum atomic E-state index is -0.636. The number of hydrogen-bond acceptors (Lipinski definition) is 4. The van der Waals surface area contributed by atoms with E-state index in [1.165, 1.54) is 0 Å². The molecule has 0 saturated heterocycles. The lowest BCUT2D eigenvalue weighted by Crippen LogP contribution is -2.38. The van der Waals surface area contributed by atoms with Gasteiger partial charge in [0.1, 0.15) is 5.75 Å². The topological polar surface area (TPSA) is 56.8 Å². The van der Waals surface area contributed by atoms with E-state index in [1.54, 1.807) is 33.3 Å². The first kappa shape index (κ1) is 18.6. The lowest BCUT2D eigenvalue weighted by atomic mass is 10.0. The van der Waals surface area contributed by atoms with Gasteiger partial charge in [0.2, 0.25) is 0 Å². The van der Waals surface area contributed by atoms with E-state index in [0.717, 1.165) is 17.7 Å². The number of carbonyl (C=O) groups is 1.